The van der Waals surface area contributed by atoms with Crippen molar-refractivity contribution in [1.82, 2.24) is 5.32 Å². The maximum Gasteiger partial charge on any atom is 0.249 e. The molecule has 5 nitrogen and oxygen atoms in total. The standard InChI is InChI=1S/C20H32N2O3.ClH/c1-14(2)12-24-16-7-5-15(6-8-16)20(3,4)13-22-19(23)18-10-9-17(11-21)25-18;/h5-8,14,17-18H,9-13,21H2,1-4H3,(H,22,23);1H/t17-,18+;/m1./s1. The summed E-state index contributed by atoms with van der Waals surface area (Å²) in [5.41, 5.74) is 6.59. The summed E-state index contributed by atoms with van der Waals surface area (Å²) < 4.78 is 11.4. The van der Waals surface area contributed by atoms with Crippen LogP contribution in [0.25, 0.3) is 0 Å². The van der Waals surface area contributed by atoms with Gasteiger partial charge >= 0.3 is 0 Å². The second-order valence-corrected chi connectivity index (χ2v) is 7.89. The molecule has 26 heavy (non-hydrogen) atoms. The lowest BCUT2D eigenvalue weighted by Gasteiger charge is -2.26. The molecule has 0 bridgehead atoms. The fraction of sp³-hybridized carbons (Fsp3) is 0.650. The molecule has 1 fully saturated rings. The van der Waals surface area contributed by atoms with Crippen LogP contribution in [-0.4, -0.2) is 37.8 Å². The van der Waals surface area contributed by atoms with Crippen molar-refractivity contribution in [3.05, 3.63) is 29.8 Å². The highest BCUT2D eigenvalue weighted by Crippen LogP contribution is 2.25. The number of benzene rings is 1. The van der Waals surface area contributed by atoms with Gasteiger partial charge in [-0.2, -0.15) is 0 Å². The number of ether oxygens (including phenoxy) is 2. The summed E-state index contributed by atoms with van der Waals surface area (Å²) in [4.78, 5) is 12.3. The molecule has 2 atom stereocenters. The van der Waals surface area contributed by atoms with Gasteiger partial charge in [0, 0.05) is 18.5 Å². The van der Waals surface area contributed by atoms with Crippen LogP contribution in [0.5, 0.6) is 5.75 Å². The van der Waals surface area contributed by atoms with Gasteiger partial charge in [0.25, 0.3) is 0 Å². The average Bonchev–Trinajstić information content (AvgIpc) is 3.07. The van der Waals surface area contributed by atoms with Crippen molar-refractivity contribution >= 4 is 18.3 Å². The van der Waals surface area contributed by atoms with E-state index in [1.165, 1.54) is 0 Å². The third-order valence-electron chi connectivity index (χ3n) is 4.59. The molecule has 1 aliphatic heterocycles. The molecular weight excluding hydrogens is 352 g/mol. The highest BCUT2D eigenvalue weighted by atomic mass is 35.5. The molecule has 1 aromatic rings. The molecule has 2 rings (SSSR count). The lowest BCUT2D eigenvalue weighted by atomic mass is 9.84. The van der Waals surface area contributed by atoms with E-state index in [9.17, 15) is 4.79 Å². The number of nitrogens with one attached hydrogen (secondary N) is 1. The summed E-state index contributed by atoms with van der Waals surface area (Å²) in [6.45, 7) is 10.2. The third kappa shape index (κ3) is 6.45. The van der Waals surface area contributed by atoms with Crippen LogP contribution >= 0.6 is 12.4 Å². The van der Waals surface area contributed by atoms with Crippen LogP contribution in [0.3, 0.4) is 0 Å². The van der Waals surface area contributed by atoms with E-state index in [0.717, 1.165) is 24.2 Å². The molecule has 3 N–H and O–H groups in total. The second kappa shape index (κ2) is 10.1. The van der Waals surface area contributed by atoms with E-state index in [2.05, 4.69) is 45.1 Å². The van der Waals surface area contributed by atoms with E-state index in [1.807, 2.05) is 12.1 Å². The Balaban J connectivity index is 0.00000338. The number of hydrogen-bond donors (Lipinski definition) is 2. The van der Waals surface area contributed by atoms with E-state index >= 15 is 0 Å². The first kappa shape index (κ1) is 22.7. The monoisotopic (exact) mass is 384 g/mol. The quantitative estimate of drug-likeness (QED) is 0.722. The van der Waals surface area contributed by atoms with Crippen molar-refractivity contribution in [2.24, 2.45) is 11.7 Å². The Morgan fingerprint density at radius 3 is 2.50 bits per heavy atom. The Kier molecular flexibility index (Phi) is 8.87. The molecule has 0 saturated carbocycles. The molecule has 6 heteroatoms. The summed E-state index contributed by atoms with van der Waals surface area (Å²) in [6.07, 6.45) is 1.25. The Bertz CT molecular complexity index is 561. The maximum absolute atomic E-state index is 12.3. The van der Waals surface area contributed by atoms with Gasteiger partial charge in [0.1, 0.15) is 11.9 Å². The molecule has 1 aliphatic rings. The maximum atomic E-state index is 12.3. The van der Waals surface area contributed by atoms with Crippen LogP contribution in [-0.2, 0) is 14.9 Å². The molecule has 1 amide bonds. The first-order valence-corrected chi connectivity index (χ1v) is 9.18. The topological polar surface area (TPSA) is 73.6 Å². The molecule has 1 aromatic carbocycles. The van der Waals surface area contributed by atoms with Gasteiger partial charge in [0.05, 0.1) is 12.7 Å². The minimum absolute atomic E-state index is 0. The van der Waals surface area contributed by atoms with Crippen molar-refractivity contribution in [1.29, 1.82) is 0 Å². The second-order valence-electron chi connectivity index (χ2n) is 7.89. The fourth-order valence-corrected chi connectivity index (χ4v) is 2.86. The number of carbonyl (C=O) groups excluding carboxylic acids is 1. The van der Waals surface area contributed by atoms with Crippen LogP contribution in [0.1, 0.15) is 46.1 Å². The first-order chi connectivity index (χ1) is 11.8. The summed E-state index contributed by atoms with van der Waals surface area (Å²) in [7, 11) is 0. The summed E-state index contributed by atoms with van der Waals surface area (Å²) in [6, 6.07) is 8.12. The lowest BCUT2D eigenvalue weighted by molar-refractivity contribution is -0.132. The molecule has 1 saturated heterocycles. The molecule has 0 aliphatic carbocycles. The number of rotatable bonds is 8. The number of halogens is 1. The van der Waals surface area contributed by atoms with E-state index < -0.39 is 0 Å². The van der Waals surface area contributed by atoms with Gasteiger partial charge in [0.15, 0.2) is 0 Å². The lowest BCUT2D eigenvalue weighted by Crippen LogP contribution is -2.42. The highest BCUT2D eigenvalue weighted by molar-refractivity contribution is 5.85. The van der Waals surface area contributed by atoms with Crippen LogP contribution in [0.15, 0.2) is 24.3 Å². The fourth-order valence-electron chi connectivity index (χ4n) is 2.86. The Hall–Kier alpha value is -1.30. The first-order valence-electron chi connectivity index (χ1n) is 9.18. The highest BCUT2D eigenvalue weighted by Gasteiger charge is 2.31. The minimum Gasteiger partial charge on any atom is -0.493 e. The van der Waals surface area contributed by atoms with Gasteiger partial charge in [-0.3, -0.25) is 4.79 Å². The van der Waals surface area contributed by atoms with E-state index in [-0.39, 0.29) is 35.9 Å². The third-order valence-corrected chi connectivity index (χ3v) is 4.59. The SMILES string of the molecule is CC(C)COc1ccc(C(C)(C)CNC(=O)[C@@H]2CC[C@H](CN)O2)cc1.Cl. The Morgan fingerprint density at radius 1 is 1.31 bits per heavy atom. The van der Waals surface area contributed by atoms with Gasteiger partial charge in [-0.25, -0.2) is 0 Å². The number of hydrogen-bond acceptors (Lipinski definition) is 4. The van der Waals surface area contributed by atoms with Crippen molar-refractivity contribution in [3.8, 4) is 5.75 Å². The van der Waals surface area contributed by atoms with E-state index in [0.29, 0.717) is 25.6 Å². The summed E-state index contributed by atoms with van der Waals surface area (Å²) >= 11 is 0. The van der Waals surface area contributed by atoms with Crippen LogP contribution < -0.4 is 15.8 Å². The smallest absolute Gasteiger partial charge is 0.249 e. The number of carbonyl (C=O) groups is 1. The summed E-state index contributed by atoms with van der Waals surface area (Å²) in [5.74, 6) is 1.34. The molecule has 1 heterocycles. The minimum atomic E-state index is -0.365. The molecular formula is C20H33ClN2O3. The van der Waals surface area contributed by atoms with Crippen molar-refractivity contribution in [2.45, 2.75) is 58.2 Å². The number of amides is 1. The van der Waals surface area contributed by atoms with E-state index in [1.54, 1.807) is 0 Å². The molecule has 148 valence electrons. The largest absolute Gasteiger partial charge is 0.493 e. The zero-order valence-corrected chi connectivity index (χ0v) is 17.1. The predicted molar refractivity (Wildman–Crippen MR) is 107 cm³/mol. The van der Waals surface area contributed by atoms with Crippen LogP contribution in [0.4, 0.5) is 0 Å². The molecule has 0 unspecified atom stereocenters. The Labute approximate surface area is 163 Å². The van der Waals surface area contributed by atoms with Gasteiger partial charge in [-0.1, -0.05) is 39.8 Å². The van der Waals surface area contributed by atoms with Crippen molar-refractivity contribution in [2.75, 3.05) is 19.7 Å². The van der Waals surface area contributed by atoms with Gasteiger partial charge in [0.2, 0.25) is 5.91 Å². The molecule has 0 radical (unpaired) electrons. The Morgan fingerprint density at radius 2 is 1.96 bits per heavy atom. The van der Waals surface area contributed by atoms with Gasteiger partial charge in [-0.15, -0.1) is 12.4 Å². The van der Waals surface area contributed by atoms with Crippen LogP contribution in [0, 0.1) is 5.92 Å². The summed E-state index contributed by atoms with van der Waals surface area (Å²) in [5, 5.41) is 3.03. The van der Waals surface area contributed by atoms with Crippen molar-refractivity contribution in [3.63, 3.8) is 0 Å². The van der Waals surface area contributed by atoms with Crippen molar-refractivity contribution < 1.29 is 14.3 Å². The average molecular weight is 385 g/mol. The zero-order chi connectivity index (χ0) is 18.4. The zero-order valence-electron chi connectivity index (χ0n) is 16.3. The van der Waals surface area contributed by atoms with Crippen LogP contribution in [0.2, 0.25) is 0 Å². The van der Waals surface area contributed by atoms with Gasteiger partial charge < -0.3 is 20.5 Å². The van der Waals surface area contributed by atoms with E-state index in [4.69, 9.17) is 15.2 Å². The molecule has 0 spiro atoms. The normalized spacial score (nSPS) is 19.9. The molecule has 0 aromatic heterocycles. The predicted octanol–water partition coefficient (Wildman–Crippen LogP) is 3.04. The number of nitrogens with two attached hydrogens (primary N) is 1. The van der Waals surface area contributed by atoms with Gasteiger partial charge in [-0.05, 0) is 36.5 Å².